The summed E-state index contributed by atoms with van der Waals surface area (Å²) in [6.45, 7) is 8.06. The highest BCUT2D eigenvalue weighted by molar-refractivity contribution is 6.51. The van der Waals surface area contributed by atoms with E-state index in [9.17, 15) is 19.5 Å². The lowest BCUT2D eigenvalue weighted by atomic mass is 9.95. The van der Waals surface area contributed by atoms with Crippen LogP contribution in [0.25, 0.3) is 5.76 Å². The van der Waals surface area contributed by atoms with Crippen LogP contribution >= 0.6 is 0 Å². The molecule has 38 heavy (non-hydrogen) atoms. The van der Waals surface area contributed by atoms with Crippen LogP contribution in [-0.2, 0) is 14.3 Å². The van der Waals surface area contributed by atoms with Crippen molar-refractivity contribution >= 4 is 29.1 Å². The lowest BCUT2D eigenvalue weighted by molar-refractivity contribution is -0.132. The van der Waals surface area contributed by atoms with E-state index in [2.05, 4.69) is 4.98 Å². The van der Waals surface area contributed by atoms with Crippen molar-refractivity contribution in [3.8, 4) is 5.75 Å². The Bertz CT molecular complexity index is 1360. The van der Waals surface area contributed by atoms with Gasteiger partial charge in [-0.25, -0.2) is 4.79 Å². The maximum absolute atomic E-state index is 13.4. The highest BCUT2D eigenvalue weighted by atomic mass is 16.5. The first-order valence-electron chi connectivity index (χ1n) is 12.4. The van der Waals surface area contributed by atoms with Gasteiger partial charge in [0.1, 0.15) is 11.5 Å². The third-order valence-electron chi connectivity index (χ3n) is 5.88. The molecule has 1 amide bonds. The minimum atomic E-state index is -0.910. The molecule has 0 radical (unpaired) electrons. The van der Waals surface area contributed by atoms with Crippen LogP contribution in [0.5, 0.6) is 5.75 Å². The van der Waals surface area contributed by atoms with E-state index in [-0.39, 0.29) is 17.4 Å². The number of ketones is 1. The Balaban J connectivity index is 1.78. The molecule has 196 valence electrons. The molecule has 3 aromatic rings. The predicted molar refractivity (Wildman–Crippen MR) is 143 cm³/mol. The van der Waals surface area contributed by atoms with Crippen molar-refractivity contribution in [2.75, 3.05) is 11.5 Å². The summed E-state index contributed by atoms with van der Waals surface area (Å²) in [5.74, 6) is -1.55. The molecular formula is C30H30N2O6. The number of nitrogens with zero attached hydrogens (tertiary/aromatic N) is 2. The molecule has 1 saturated heterocycles. The Morgan fingerprint density at radius 2 is 1.66 bits per heavy atom. The molecule has 1 aliphatic rings. The van der Waals surface area contributed by atoms with Crippen molar-refractivity contribution in [2.24, 2.45) is 5.92 Å². The third kappa shape index (κ3) is 5.59. The standard InChI is InChI=1S/C30H30N2O6/c1-18(2)17-37-24-7-5-6-22(16-24)27(33)25-26(20-12-14-31-15-13-20)32(29(35)28(25)34)23-10-8-21(9-11-23)30(36)38-19(3)4/h5-16,18-19,26,33H,17H2,1-4H3/b27-25+. The molecule has 0 bridgehead atoms. The molecule has 2 aromatic carbocycles. The largest absolute Gasteiger partial charge is 0.507 e. The third-order valence-corrected chi connectivity index (χ3v) is 5.88. The van der Waals surface area contributed by atoms with Crippen LogP contribution in [0, 0.1) is 5.92 Å². The van der Waals surface area contributed by atoms with Crippen molar-refractivity contribution in [3.05, 3.63) is 95.3 Å². The number of ether oxygens (including phenoxy) is 2. The number of rotatable bonds is 8. The zero-order valence-corrected chi connectivity index (χ0v) is 21.8. The van der Waals surface area contributed by atoms with E-state index in [4.69, 9.17) is 9.47 Å². The van der Waals surface area contributed by atoms with E-state index in [0.29, 0.717) is 40.7 Å². The Hall–Kier alpha value is -4.46. The van der Waals surface area contributed by atoms with Gasteiger partial charge < -0.3 is 14.6 Å². The summed E-state index contributed by atoms with van der Waals surface area (Å²) < 4.78 is 11.0. The Morgan fingerprint density at radius 1 is 0.974 bits per heavy atom. The first-order chi connectivity index (χ1) is 18.2. The second kappa shape index (κ2) is 11.3. The maximum atomic E-state index is 13.4. The summed E-state index contributed by atoms with van der Waals surface area (Å²) in [4.78, 5) is 44.3. The number of hydrogen-bond donors (Lipinski definition) is 1. The van der Waals surface area contributed by atoms with Gasteiger partial charge >= 0.3 is 5.97 Å². The number of aromatic nitrogens is 1. The van der Waals surface area contributed by atoms with Crippen molar-refractivity contribution < 1.29 is 29.0 Å². The summed E-state index contributed by atoms with van der Waals surface area (Å²) in [7, 11) is 0. The van der Waals surface area contributed by atoms with Crippen LogP contribution in [0.3, 0.4) is 0 Å². The Labute approximate surface area is 221 Å². The number of carbonyl (C=O) groups is 3. The molecule has 1 atom stereocenters. The van der Waals surface area contributed by atoms with E-state index in [1.807, 2.05) is 13.8 Å². The molecule has 1 fully saturated rings. The first kappa shape index (κ1) is 26.6. The quantitative estimate of drug-likeness (QED) is 0.188. The lowest BCUT2D eigenvalue weighted by Gasteiger charge is -2.25. The van der Waals surface area contributed by atoms with Crippen LogP contribution in [0.2, 0.25) is 0 Å². The fourth-order valence-electron chi connectivity index (χ4n) is 4.15. The molecule has 0 saturated carbocycles. The molecule has 0 aliphatic carbocycles. The van der Waals surface area contributed by atoms with Gasteiger partial charge in [-0.3, -0.25) is 19.5 Å². The topological polar surface area (TPSA) is 106 Å². The highest BCUT2D eigenvalue weighted by Crippen LogP contribution is 2.42. The Kier molecular flexibility index (Phi) is 7.90. The Morgan fingerprint density at radius 3 is 2.29 bits per heavy atom. The monoisotopic (exact) mass is 514 g/mol. The van der Waals surface area contributed by atoms with Gasteiger partial charge in [-0.05, 0) is 73.9 Å². The van der Waals surface area contributed by atoms with Crippen molar-refractivity contribution in [1.82, 2.24) is 4.98 Å². The van der Waals surface area contributed by atoms with Crippen molar-refractivity contribution in [1.29, 1.82) is 0 Å². The average Bonchev–Trinajstić information content (AvgIpc) is 3.17. The summed E-state index contributed by atoms with van der Waals surface area (Å²) >= 11 is 0. The average molecular weight is 515 g/mol. The van der Waals surface area contributed by atoms with Gasteiger partial charge in [0.25, 0.3) is 11.7 Å². The van der Waals surface area contributed by atoms with E-state index >= 15 is 0 Å². The summed E-state index contributed by atoms with van der Waals surface area (Å²) in [6, 6.07) is 15.5. The molecule has 8 heteroatoms. The number of esters is 1. The fourth-order valence-corrected chi connectivity index (χ4v) is 4.15. The molecule has 8 nitrogen and oxygen atoms in total. The number of anilines is 1. The van der Waals surface area contributed by atoms with Crippen molar-refractivity contribution in [3.63, 3.8) is 0 Å². The van der Waals surface area contributed by atoms with Gasteiger partial charge in [-0.2, -0.15) is 0 Å². The number of carbonyl (C=O) groups excluding carboxylic acids is 3. The SMILES string of the molecule is CC(C)COc1cccc(/C(O)=C2\C(=O)C(=O)N(c3ccc(C(=O)OC(C)C)cc3)C2c2ccncc2)c1. The number of Topliss-reactive ketones (excluding diaryl/α,β-unsaturated/α-hetero) is 1. The summed E-state index contributed by atoms with van der Waals surface area (Å²) in [6.07, 6.45) is 2.84. The molecule has 4 rings (SSSR count). The smallest absolute Gasteiger partial charge is 0.338 e. The molecule has 2 heterocycles. The maximum Gasteiger partial charge on any atom is 0.338 e. The minimum Gasteiger partial charge on any atom is -0.507 e. The van der Waals surface area contributed by atoms with Gasteiger partial charge in [0.05, 0.1) is 29.9 Å². The second-order valence-electron chi connectivity index (χ2n) is 9.68. The zero-order chi connectivity index (χ0) is 27.4. The summed E-state index contributed by atoms with van der Waals surface area (Å²) in [5, 5.41) is 11.4. The fraction of sp³-hybridized carbons (Fsp3) is 0.267. The normalized spacial score (nSPS) is 16.8. The van der Waals surface area contributed by atoms with Crippen molar-refractivity contribution in [2.45, 2.75) is 39.8 Å². The number of hydrogen-bond acceptors (Lipinski definition) is 7. The molecule has 0 spiro atoms. The highest BCUT2D eigenvalue weighted by Gasteiger charge is 2.47. The van der Waals surface area contributed by atoms with Gasteiger partial charge in [0.2, 0.25) is 0 Å². The summed E-state index contributed by atoms with van der Waals surface area (Å²) in [5.41, 5.74) is 1.61. The number of benzene rings is 2. The molecule has 1 aromatic heterocycles. The van der Waals surface area contributed by atoms with Gasteiger partial charge in [-0.1, -0.05) is 26.0 Å². The second-order valence-corrected chi connectivity index (χ2v) is 9.68. The first-order valence-corrected chi connectivity index (χ1v) is 12.4. The van der Waals surface area contributed by atoms with Crippen LogP contribution in [0.15, 0.2) is 78.6 Å². The number of aliphatic hydroxyl groups excluding tert-OH is 1. The van der Waals surface area contributed by atoms with Crippen LogP contribution < -0.4 is 9.64 Å². The number of pyridine rings is 1. The van der Waals surface area contributed by atoms with E-state index in [0.717, 1.165) is 0 Å². The lowest BCUT2D eigenvalue weighted by Crippen LogP contribution is -2.29. The number of aliphatic hydroxyl groups is 1. The number of amides is 1. The molecule has 1 aliphatic heterocycles. The van der Waals surface area contributed by atoms with Crippen LogP contribution in [0.4, 0.5) is 5.69 Å². The molecular weight excluding hydrogens is 484 g/mol. The minimum absolute atomic E-state index is 0.0505. The van der Waals surface area contributed by atoms with E-state index < -0.39 is 23.7 Å². The van der Waals surface area contributed by atoms with Crippen LogP contribution in [-0.4, -0.2) is 40.5 Å². The zero-order valence-electron chi connectivity index (χ0n) is 21.8. The van der Waals surface area contributed by atoms with Gasteiger partial charge in [-0.15, -0.1) is 0 Å². The van der Waals surface area contributed by atoms with Gasteiger partial charge in [0.15, 0.2) is 0 Å². The van der Waals surface area contributed by atoms with E-state index in [1.54, 1.807) is 86.9 Å². The van der Waals surface area contributed by atoms with Gasteiger partial charge in [0, 0.05) is 23.6 Å². The van der Waals surface area contributed by atoms with Crippen LogP contribution in [0.1, 0.15) is 55.2 Å². The predicted octanol–water partition coefficient (Wildman–Crippen LogP) is 5.31. The molecule has 1 unspecified atom stereocenters. The van der Waals surface area contributed by atoms with E-state index in [1.165, 1.54) is 4.90 Å². The molecule has 1 N–H and O–H groups in total.